The zero-order valence-electron chi connectivity index (χ0n) is 10.9. The van der Waals surface area contributed by atoms with Gasteiger partial charge in [0.2, 0.25) is 0 Å². The number of anilines is 1. The summed E-state index contributed by atoms with van der Waals surface area (Å²) in [5.74, 6) is 1.51. The van der Waals surface area contributed by atoms with Crippen LogP contribution in [-0.4, -0.2) is 16.7 Å². The Bertz CT molecular complexity index is 532. The SMILES string of the molecule is Cc1c(NCC(C)C)n[nH]c1-c1cccc(Cl)c1. The predicted molar refractivity (Wildman–Crippen MR) is 77.1 cm³/mol. The molecule has 0 radical (unpaired) electrons. The summed E-state index contributed by atoms with van der Waals surface area (Å²) in [6, 6.07) is 7.78. The number of nitrogens with zero attached hydrogens (tertiary/aromatic N) is 1. The molecule has 0 bridgehead atoms. The van der Waals surface area contributed by atoms with Gasteiger partial charge in [0, 0.05) is 22.7 Å². The van der Waals surface area contributed by atoms with Crippen molar-refractivity contribution >= 4 is 17.4 Å². The van der Waals surface area contributed by atoms with Gasteiger partial charge in [-0.1, -0.05) is 37.6 Å². The lowest BCUT2D eigenvalue weighted by Crippen LogP contribution is -2.08. The number of aromatic amines is 1. The third kappa shape index (κ3) is 2.85. The van der Waals surface area contributed by atoms with Gasteiger partial charge < -0.3 is 5.32 Å². The molecule has 0 aliphatic rings. The molecule has 0 amide bonds. The molecule has 2 N–H and O–H groups in total. The van der Waals surface area contributed by atoms with Crippen LogP contribution in [0.5, 0.6) is 0 Å². The van der Waals surface area contributed by atoms with E-state index in [2.05, 4.69) is 36.3 Å². The molecule has 0 atom stereocenters. The molecule has 1 aromatic carbocycles. The van der Waals surface area contributed by atoms with Gasteiger partial charge in [-0.15, -0.1) is 0 Å². The summed E-state index contributed by atoms with van der Waals surface area (Å²) in [5, 5.41) is 11.5. The monoisotopic (exact) mass is 263 g/mol. The third-order valence-corrected chi connectivity index (χ3v) is 3.04. The van der Waals surface area contributed by atoms with Gasteiger partial charge in [-0.25, -0.2) is 0 Å². The van der Waals surface area contributed by atoms with Gasteiger partial charge in [-0.2, -0.15) is 5.10 Å². The van der Waals surface area contributed by atoms with Crippen LogP contribution in [0, 0.1) is 12.8 Å². The Morgan fingerprint density at radius 3 is 2.83 bits per heavy atom. The number of hydrogen-bond donors (Lipinski definition) is 2. The molecule has 1 aromatic heterocycles. The summed E-state index contributed by atoms with van der Waals surface area (Å²) < 4.78 is 0. The molecule has 96 valence electrons. The molecule has 0 spiro atoms. The molecular formula is C14H18ClN3. The molecule has 0 unspecified atom stereocenters. The summed E-state index contributed by atoms with van der Waals surface area (Å²) in [4.78, 5) is 0. The van der Waals surface area contributed by atoms with E-state index in [9.17, 15) is 0 Å². The maximum atomic E-state index is 6.01. The van der Waals surface area contributed by atoms with Crippen LogP contribution >= 0.6 is 11.6 Å². The van der Waals surface area contributed by atoms with Crippen LogP contribution in [0.15, 0.2) is 24.3 Å². The van der Waals surface area contributed by atoms with Crippen molar-refractivity contribution in [2.75, 3.05) is 11.9 Å². The Morgan fingerprint density at radius 1 is 1.39 bits per heavy atom. The number of H-pyrrole nitrogens is 1. The van der Waals surface area contributed by atoms with Crippen molar-refractivity contribution < 1.29 is 0 Å². The Hall–Kier alpha value is -1.48. The Kier molecular flexibility index (Phi) is 3.92. The largest absolute Gasteiger partial charge is 0.368 e. The summed E-state index contributed by atoms with van der Waals surface area (Å²) in [6.45, 7) is 7.32. The molecule has 2 rings (SSSR count). The lowest BCUT2D eigenvalue weighted by molar-refractivity contribution is 0.686. The van der Waals surface area contributed by atoms with Crippen molar-refractivity contribution in [3.05, 3.63) is 34.9 Å². The van der Waals surface area contributed by atoms with E-state index in [4.69, 9.17) is 11.6 Å². The molecule has 0 aliphatic carbocycles. The van der Waals surface area contributed by atoms with E-state index < -0.39 is 0 Å². The van der Waals surface area contributed by atoms with Gasteiger partial charge in [0.25, 0.3) is 0 Å². The molecule has 3 nitrogen and oxygen atoms in total. The number of rotatable bonds is 4. The number of hydrogen-bond acceptors (Lipinski definition) is 2. The molecule has 2 aromatic rings. The van der Waals surface area contributed by atoms with E-state index in [-0.39, 0.29) is 0 Å². The minimum atomic E-state index is 0.593. The van der Waals surface area contributed by atoms with Gasteiger partial charge in [-0.05, 0) is 25.0 Å². The quantitative estimate of drug-likeness (QED) is 0.872. The smallest absolute Gasteiger partial charge is 0.151 e. The van der Waals surface area contributed by atoms with Crippen LogP contribution in [0.4, 0.5) is 5.82 Å². The van der Waals surface area contributed by atoms with E-state index in [1.54, 1.807) is 0 Å². The molecule has 4 heteroatoms. The first-order valence-electron chi connectivity index (χ1n) is 6.12. The maximum absolute atomic E-state index is 6.01. The van der Waals surface area contributed by atoms with Gasteiger partial charge in [0.15, 0.2) is 5.82 Å². The van der Waals surface area contributed by atoms with Crippen LogP contribution in [0.2, 0.25) is 5.02 Å². The highest BCUT2D eigenvalue weighted by Crippen LogP contribution is 2.27. The fraction of sp³-hybridized carbons (Fsp3) is 0.357. The highest BCUT2D eigenvalue weighted by atomic mass is 35.5. The second kappa shape index (κ2) is 5.44. The van der Waals surface area contributed by atoms with Crippen LogP contribution in [0.25, 0.3) is 11.3 Å². The minimum Gasteiger partial charge on any atom is -0.368 e. The van der Waals surface area contributed by atoms with Crippen molar-refractivity contribution in [2.24, 2.45) is 5.92 Å². The highest BCUT2D eigenvalue weighted by molar-refractivity contribution is 6.30. The second-order valence-electron chi connectivity index (χ2n) is 4.86. The van der Waals surface area contributed by atoms with Crippen LogP contribution in [-0.2, 0) is 0 Å². The normalized spacial score (nSPS) is 10.9. The lowest BCUT2D eigenvalue weighted by Gasteiger charge is -2.07. The summed E-state index contributed by atoms with van der Waals surface area (Å²) in [5.41, 5.74) is 3.20. The van der Waals surface area contributed by atoms with Crippen molar-refractivity contribution in [1.82, 2.24) is 10.2 Å². The van der Waals surface area contributed by atoms with Crippen molar-refractivity contribution in [1.29, 1.82) is 0 Å². The van der Waals surface area contributed by atoms with Crippen LogP contribution in [0.1, 0.15) is 19.4 Å². The van der Waals surface area contributed by atoms with Gasteiger partial charge in [-0.3, -0.25) is 5.10 Å². The van der Waals surface area contributed by atoms with Crippen LogP contribution < -0.4 is 5.32 Å². The first-order chi connectivity index (χ1) is 8.58. The Balaban J connectivity index is 2.25. The molecule has 0 aliphatic heterocycles. The zero-order chi connectivity index (χ0) is 13.1. The van der Waals surface area contributed by atoms with E-state index in [1.165, 1.54) is 0 Å². The molecule has 0 fully saturated rings. The lowest BCUT2D eigenvalue weighted by atomic mass is 10.1. The summed E-state index contributed by atoms with van der Waals surface area (Å²) in [6.07, 6.45) is 0. The molecule has 0 saturated carbocycles. The highest BCUT2D eigenvalue weighted by Gasteiger charge is 2.10. The fourth-order valence-corrected chi connectivity index (χ4v) is 1.99. The first kappa shape index (κ1) is 13.0. The van der Waals surface area contributed by atoms with Gasteiger partial charge in [0.1, 0.15) is 0 Å². The van der Waals surface area contributed by atoms with E-state index in [0.29, 0.717) is 5.92 Å². The number of aromatic nitrogens is 2. The predicted octanol–water partition coefficient (Wildman–Crippen LogP) is 4.11. The molecular weight excluding hydrogens is 246 g/mol. The average molecular weight is 264 g/mol. The molecule has 18 heavy (non-hydrogen) atoms. The topological polar surface area (TPSA) is 40.7 Å². The van der Waals surface area contributed by atoms with Crippen molar-refractivity contribution in [3.8, 4) is 11.3 Å². The fourth-order valence-electron chi connectivity index (χ4n) is 1.80. The summed E-state index contributed by atoms with van der Waals surface area (Å²) >= 11 is 6.01. The van der Waals surface area contributed by atoms with Gasteiger partial charge >= 0.3 is 0 Å². The van der Waals surface area contributed by atoms with E-state index >= 15 is 0 Å². The number of benzene rings is 1. The molecule has 0 saturated heterocycles. The standard InChI is InChI=1S/C14H18ClN3/c1-9(2)8-16-14-10(3)13(17-18-14)11-5-4-6-12(15)7-11/h4-7,9H,8H2,1-3H3,(H2,16,17,18). The zero-order valence-corrected chi connectivity index (χ0v) is 11.7. The number of nitrogens with one attached hydrogen (secondary N) is 2. The minimum absolute atomic E-state index is 0.593. The summed E-state index contributed by atoms with van der Waals surface area (Å²) in [7, 11) is 0. The Labute approximate surface area is 113 Å². The second-order valence-corrected chi connectivity index (χ2v) is 5.29. The van der Waals surface area contributed by atoms with Crippen molar-refractivity contribution in [3.63, 3.8) is 0 Å². The maximum Gasteiger partial charge on any atom is 0.151 e. The first-order valence-corrected chi connectivity index (χ1v) is 6.50. The number of halogens is 1. The van der Waals surface area contributed by atoms with Crippen LogP contribution in [0.3, 0.4) is 0 Å². The Morgan fingerprint density at radius 2 is 2.17 bits per heavy atom. The van der Waals surface area contributed by atoms with E-state index in [1.807, 2.05) is 24.3 Å². The average Bonchev–Trinajstić information content (AvgIpc) is 2.68. The molecule has 1 heterocycles. The third-order valence-electron chi connectivity index (χ3n) is 2.80. The van der Waals surface area contributed by atoms with Crippen molar-refractivity contribution in [2.45, 2.75) is 20.8 Å². The van der Waals surface area contributed by atoms with E-state index in [0.717, 1.165) is 34.2 Å². The van der Waals surface area contributed by atoms with Gasteiger partial charge in [0.05, 0.1) is 5.69 Å².